The van der Waals surface area contributed by atoms with Gasteiger partial charge in [0.15, 0.2) is 0 Å². The average Bonchev–Trinajstić information content (AvgIpc) is 2.80. The Bertz CT molecular complexity index is 379. The van der Waals surface area contributed by atoms with Gasteiger partial charge in [-0.25, -0.2) is 4.98 Å². The molecule has 0 saturated carbocycles. The van der Waals surface area contributed by atoms with E-state index in [1.807, 2.05) is 19.4 Å². The van der Waals surface area contributed by atoms with E-state index in [1.165, 1.54) is 0 Å². The number of likely N-dealkylation sites (N-methyl/N-ethyl adjacent to an activating group) is 1. The lowest BCUT2D eigenvalue weighted by molar-refractivity contribution is -0.0387. The van der Waals surface area contributed by atoms with Gasteiger partial charge in [0, 0.05) is 45.0 Å². The number of imidazole rings is 1. The first-order valence-corrected chi connectivity index (χ1v) is 7.20. The van der Waals surface area contributed by atoms with E-state index in [-0.39, 0.29) is 6.10 Å². The molecule has 1 aliphatic rings. The van der Waals surface area contributed by atoms with Gasteiger partial charge in [0.25, 0.3) is 0 Å². The molecule has 1 N–H and O–H groups in total. The van der Waals surface area contributed by atoms with E-state index in [4.69, 9.17) is 4.74 Å². The number of morpholine rings is 1. The summed E-state index contributed by atoms with van der Waals surface area (Å²) in [7, 11) is 4.21. The highest BCUT2D eigenvalue weighted by Gasteiger charge is 2.27. The van der Waals surface area contributed by atoms with E-state index >= 15 is 0 Å². The number of aromatic nitrogens is 2. The monoisotopic (exact) mass is 266 g/mol. The molecule has 108 valence electrons. The average molecular weight is 266 g/mol. The fourth-order valence-electron chi connectivity index (χ4n) is 2.51. The zero-order valence-corrected chi connectivity index (χ0v) is 12.3. The number of hydrogen-bond donors (Lipinski definition) is 1. The molecule has 5 nitrogen and oxygen atoms in total. The van der Waals surface area contributed by atoms with Gasteiger partial charge in [-0.3, -0.25) is 0 Å². The van der Waals surface area contributed by atoms with Crippen LogP contribution in [0.3, 0.4) is 0 Å². The van der Waals surface area contributed by atoms with Crippen molar-refractivity contribution < 1.29 is 4.74 Å². The van der Waals surface area contributed by atoms with Crippen LogP contribution in [-0.4, -0.2) is 59.9 Å². The first-order chi connectivity index (χ1) is 9.20. The Morgan fingerprint density at radius 2 is 2.37 bits per heavy atom. The van der Waals surface area contributed by atoms with Crippen LogP contribution in [0.1, 0.15) is 19.2 Å². The quantitative estimate of drug-likeness (QED) is 0.821. The minimum atomic E-state index is 0.252. The van der Waals surface area contributed by atoms with Gasteiger partial charge >= 0.3 is 0 Å². The second-order valence-electron chi connectivity index (χ2n) is 5.39. The summed E-state index contributed by atoms with van der Waals surface area (Å²) in [5.41, 5.74) is 0. The summed E-state index contributed by atoms with van der Waals surface area (Å²) >= 11 is 0. The number of nitrogens with one attached hydrogen (secondary N) is 1. The fourth-order valence-corrected chi connectivity index (χ4v) is 2.51. The maximum absolute atomic E-state index is 5.95. The Morgan fingerprint density at radius 1 is 1.53 bits per heavy atom. The van der Waals surface area contributed by atoms with E-state index in [0.29, 0.717) is 6.04 Å². The summed E-state index contributed by atoms with van der Waals surface area (Å²) in [5.74, 6) is 1.12. The molecular formula is C14H26N4O. The molecule has 1 aliphatic heterocycles. The van der Waals surface area contributed by atoms with Gasteiger partial charge in [0.1, 0.15) is 5.82 Å². The van der Waals surface area contributed by atoms with E-state index in [0.717, 1.165) is 44.9 Å². The molecule has 2 rings (SSSR count). The first kappa shape index (κ1) is 14.5. The lowest BCUT2D eigenvalue weighted by Crippen LogP contribution is -2.52. The molecule has 0 radical (unpaired) electrons. The van der Waals surface area contributed by atoms with Crippen LogP contribution in [-0.2, 0) is 18.2 Å². The zero-order valence-electron chi connectivity index (χ0n) is 12.3. The second-order valence-corrected chi connectivity index (χ2v) is 5.39. The van der Waals surface area contributed by atoms with Gasteiger partial charge < -0.3 is 19.5 Å². The zero-order chi connectivity index (χ0) is 13.7. The van der Waals surface area contributed by atoms with Crippen molar-refractivity contribution in [1.29, 1.82) is 0 Å². The van der Waals surface area contributed by atoms with Crippen molar-refractivity contribution in [3.8, 4) is 0 Å². The van der Waals surface area contributed by atoms with E-state index in [9.17, 15) is 0 Å². The topological polar surface area (TPSA) is 42.3 Å². The van der Waals surface area contributed by atoms with Crippen LogP contribution >= 0.6 is 0 Å². The van der Waals surface area contributed by atoms with Gasteiger partial charge in [-0.15, -0.1) is 0 Å². The van der Waals surface area contributed by atoms with E-state index in [1.54, 1.807) is 0 Å². The third-order valence-corrected chi connectivity index (χ3v) is 3.73. The first-order valence-electron chi connectivity index (χ1n) is 7.20. The molecular weight excluding hydrogens is 240 g/mol. The molecule has 2 unspecified atom stereocenters. The Kier molecular flexibility index (Phi) is 5.36. The fraction of sp³-hybridized carbons (Fsp3) is 0.786. The van der Waals surface area contributed by atoms with Crippen LogP contribution in [0.25, 0.3) is 0 Å². The highest BCUT2D eigenvalue weighted by atomic mass is 16.5. The second kappa shape index (κ2) is 7.03. The Labute approximate surface area is 116 Å². The van der Waals surface area contributed by atoms with E-state index < -0.39 is 0 Å². The van der Waals surface area contributed by atoms with Crippen LogP contribution in [0.4, 0.5) is 0 Å². The molecule has 1 fully saturated rings. The summed E-state index contributed by atoms with van der Waals surface area (Å²) in [5, 5.41) is 3.62. The van der Waals surface area contributed by atoms with Gasteiger partial charge in [-0.1, -0.05) is 6.92 Å². The minimum Gasteiger partial charge on any atom is -0.374 e. The molecule has 1 aromatic rings. The smallest absolute Gasteiger partial charge is 0.110 e. The molecule has 2 atom stereocenters. The van der Waals surface area contributed by atoms with Crippen molar-refractivity contribution in [3.05, 3.63) is 18.2 Å². The van der Waals surface area contributed by atoms with Gasteiger partial charge in [-0.05, 0) is 20.0 Å². The Hall–Kier alpha value is -0.910. The lowest BCUT2D eigenvalue weighted by Gasteiger charge is -2.35. The maximum Gasteiger partial charge on any atom is 0.110 e. The molecule has 2 heterocycles. The van der Waals surface area contributed by atoms with E-state index in [2.05, 4.69) is 33.7 Å². The molecule has 0 bridgehead atoms. The number of rotatable bonds is 6. The summed E-state index contributed by atoms with van der Waals surface area (Å²) in [4.78, 5) is 6.77. The summed E-state index contributed by atoms with van der Waals surface area (Å²) in [6.07, 6.45) is 6.17. The molecule has 1 aromatic heterocycles. The standard InChI is InChI=1S/C14H26N4O/c1-4-5-15-12(10-14-16-6-7-18(14)3)13-11-17(2)8-9-19-13/h6-7,12-13,15H,4-5,8-11H2,1-3H3. The highest BCUT2D eigenvalue weighted by molar-refractivity contribution is 4.97. The molecule has 19 heavy (non-hydrogen) atoms. The van der Waals surface area contributed by atoms with Crippen molar-refractivity contribution in [3.63, 3.8) is 0 Å². The van der Waals surface area contributed by atoms with Gasteiger partial charge in [-0.2, -0.15) is 0 Å². The van der Waals surface area contributed by atoms with Crippen molar-refractivity contribution in [2.24, 2.45) is 7.05 Å². The number of ether oxygens (including phenoxy) is 1. The number of aryl methyl sites for hydroxylation is 1. The van der Waals surface area contributed by atoms with Crippen molar-refractivity contribution in [2.45, 2.75) is 31.9 Å². The maximum atomic E-state index is 5.95. The molecule has 0 amide bonds. The van der Waals surface area contributed by atoms with Crippen molar-refractivity contribution in [2.75, 3.05) is 33.3 Å². The highest BCUT2D eigenvalue weighted by Crippen LogP contribution is 2.12. The van der Waals surface area contributed by atoms with Crippen LogP contribution in [0.2, 0.25) is 0 Å². The summed E-state index contributed by atoms with van der Waals surface area (Å²) < 4.78 is 8.05. The molecule has 5 heteroatoms. The van der Waals surface area contributed by atoms with Crippen LogP contribution in [0.5, 0.6) is 0 Å². The summed E-state index contributed by atoms with van der Waals surface area (Å²) in [6.45, 7) is 6.06. The normalized spacial score (nSPS) is 22.6. The lowest BCUT2D eigenvalue weighted by atomic mass is 10.0. The van der Waals surface area contributed by atoms with Crippen LogP contribution in [0, 0.1) is 0 Å². The summed E-state index contributed by atoms with van der Waals surface area (Å²) in [6, 6.07) is 0.337. The predicted molar refractivity (Wildman–Crippen MR) is 76.2 cm³/mol. The predicted octanol–water partition coefficient (Wildman–Crippen LogP) is 0.661. The number of hydrogen-bond acceptors (Lipinski definition) is 4. The number of nitrogens with zero attached hydrogens (tertiary/aromatic N) is 3. The SMILES string of the molecule is CCCNC(Cc1nccn1C)C1CN(C)CCO1. The third kappa shape index (κ3) is 4.03. The minimum absolute atomic E-state index is 0.252. The third-order valence-electron chi connectivity index (χ3n) is 3.73. The molecule has 0 spiro atoms. The van der Waals surface area contributed by atoms with Gasteiger partial charge in [0.2, 0.25) is 0 Å². The molecule has 1 saturated heterocycles. The van der Waals surface area contributed by atoms with Crippen LogP contribution < -0.4 is 5.32 Å². The van der Waals surface area contributed by atoms with Crippen molar-refractivity contribution >= 4 is 0 Å². The molecule has 0 aliphatic carbocycles. The Morgan fingerprint density at radius 3 is 3.00 bits per heavy atom. The van der Waals surface area contributed by atoms with Crippen LogP contribution in [0.15, 0.2) is 12.4 Å². The Balaban J connectivity index is 2.00. The van der Waals surface area contributed by atoms with Gasteiger partial charge in [0.05, 0.1) is 12.7 Å². The van der Waals surface area contributed by atoms with Crippen molar-refractivity contribution in [1.82, 2.24) is 19.8 Å². The molecule has 0 aromatic carbocycles. The largest absolute Gasteiger partial charge is 0.374 e.